The summed E-state index contributed by atoms with van der Waals surface area (Å²) in [6, 6.07) is -0.119. The molecular formula is C12H12F5NO2. The minimum Gasteiger partial charge on any atom is -0.465 e. The lowest BCUT2D eigenvalue weighted by atomic mass is 10.0. The molecule has 0 aliphatic rings. The van der Waals surface area contributed by atoms with E-state index in [0.717, 1.165) is 6.07 Å². The predicted molar refractivity (Wildman–Crippen MR) is 59.7 cm³/mol. The van der Waals surface area contributed by atoms with Gasteiger partial charge in [-0.05, 0) is 18.6 Å². The lowest BCUT2D eigenvalue weighted by Gasteiger charge is -2.13. The SMILES string of the molecule is CCOC(=O)C(N)Cc1ccc(C(F)(F)F)c(F)c1F. The Morgan fingerprint density at radius 1 is 1.30 bits per heavy atom. The topological polar surface area (TPSA) is 52.3 Å². The fraction of sp³-hybridized carbons (Fsp3) is 0.417. The average molecular weight is 297 g/mol. The van der Waals surface area contributed by atoms with E-state index in [2.05, 4.69) is 4.74 Å². The number of nitrogens with two attached hydrogens (primary N) is 1. The molecule has 3 nitrogen and oxygen atoms in total. The van der Waals surface area contributed by atoms with E-state index in [1.54, 1.807) is 0 Å². The number of benzene rings is 1. The summed E-state index contributed by atoms with van der Waals surface area (Å²) in [5.41, 5.74) is 3.27. The van der Waals surface area contributed by atoms with E-state index in [9.17, 15) is 26.7 Å². The van der Waals surface area contributed by atoms with Crippen molar-refractivity contribution < 1.29 is 31.5 Å². The van der Waals surface area contributed by atoms with E-state index < -0.39 is 47.4 Å². The molecule has 0 spiro atoms. The highest BCUT2D eigenvalue weighted by molar-refractivity contribution is 5.75. The van der Waals surface area contributed by atoms with Crippen LogP contribution in [-0.2, 0) is 22.1 Å². The average Bonchev–Trinajstić information content (AvgIpc) is 2.33. The van der Waals surface area contributed by atoms with Gasteiger partial charge in [-0.25, -0.2) is 8.78 Å². The van der Waals surface area contributed by atoms with Gasteiger partial charge in [0.1, 0.15) is 6.04 Å². The Hall–Kier alpha value is -1.70. The molecule has 20 heavy (non-hydrogen) atoms. The van der Waals surface area contributed by atoms with Crippen LogP contribution in [0.3, 0.4) is 0 Å². The Morgan fingerprint density at radius 2 is 1.90 bits per heavy atom. The number of carbonyl (C=O) groups is 1. The van der Waals surface area contributed by atoms with Gasteiger partial charge in [0.2, 0.25) is 0 Å². The molecule has 8 heteroatoms. The minimum absolute atomic E-state index is 0.0520. The van der Waals surface area contributed by atoms with Crippen molar-refractivity contribution in [2.24, 2.45) is 5.73 Å². The van der Waals surface area contributed by atoms with E-state index in [1.165, 1.54) is 6.92 Å². The quantitative estimate of drug-likeness (QED) is 0.686. The molecule has 0 fully saturated rings. The van der Waals surface area contributed by atoms with Crippen LogP contribution in [0.25, 0.3) is 0 Å². The smallest absolute Gasteiger partial charge is 0.419 e. The fourth-order valence-corrected chi connectivity index (χ4v) is 1.54. The van der Waals surface area contributed by atoms with Crippen molar-refractivity contribution in [1.82, 2.24) is 0 Å². The van der Waals surface area contributed by atoms with E-state index in [-0.39, 0.29) is 6.61 Å². The first-order valence-electron chi connectivity index (χ1n) is 5.64. The first-order chi connectivity index (χ1) is 9.18. The van der Waals surface area contributed by atoms with Crippen molar-refractivity contribution in [2.75, 3.05) is 6.61 Å². The summed E-state index contributed by atoms with van der Waals surface area (Å²) in [4.78, 5) is 11.2. The van der Waals surface area contributed by atoms with Gasteiger partial charge in [0.05, 0.1) is 12.2 Å². The number of hydrogen-bond donors (Lipinski definition) is 1. The fourth-order valence-electron chi connectivity index (χ4n) is 1.54. The van der Waals surface area contributed by atoms with Gasteiger partial charge in [-0.3, -0.25) is 4.79 Å². The van der Waals surface area contributed by atoms with Crippen LogP contribution in [0.15, 0.2) is 12.1 Å². The van der Waals surface area contributed by atoms with Gasteiger partial charge in [0.15, 0.2) is 11.6 Å². The molecule has 0 bridgehead atoms. The summed E-state index contributed by atoms with van der Waals surface area (Å²) in [6.45, 7) is 1.58. The lowest BCUT2D eigenvalue weighted by molar-refractivity contribution is -0.144. The van der Waals surface area contributed by atoms with E-state index >= 15 is 0 Å². The second-order valence-corrected chi connectivity index (χ2v) is 3.96. The summed E-state index contributed by atoms with van der Waals surface area (Å²) in [6.07, 6.45) is -5.45. The maximum Gasteiger partial charge on any atom is 0.419 e. The van der Waals surface area contributed by atoms with Gasteiger partial charge in [-0.2, -0.15) is 13.2 Å². The van der Waals surface area contributed by atoms with Crippen LogP contribution < -0.4 is 5.73 Å². The molecule has 0 amide bonds. The second kappa shape index (κ2) is 6.17. The number of ether oxygens (including phenoxy) is 1. The van der Waals surface area contributed by atoms with Crippen molar-refractivity contribution in [3.8, 4) is 0 Å². The highest BCUT2D eigenvalue weighted by Crippen LogP contribution is 2.33. The highest BCUT2D eigenvalue weighted by Gasteiger charge is 2.36. The number of hydrogen-bond acceptors (Lipinski definition) is 3. The zero-order valence-corrected chi connectivity index (χ0v) is 10.4. The third kappa shape index (κ3) is 3.66. The van der Waals surface area contributed by atoms with Crippen molar-refractivity contribution in [3.63, 3.8) is 0 Å². The van der Waals surface area contributed by atoms with Gasteiger partial charge < -0.3 is 10.5 Å². The Kier molecular flexibility index (Phi) is 5.04. The van der Waals surface area contributed by atoms with Crippen LogP contribution in [0.5, 0.6) is 0 Å². The third-order valence-corrected chi connectivity index (χ3v) is 2.50. The summed E-state index contributed by atoms with van der Waals surface area (Å²) in [5, 5.41) is 0. The molecule has 2 N–H and O–H groups in total. The predicted octanol–water partition coefficient (Wildman–Crippen LogP) is 2.42. The number of esters is 1. The second-order valence-electron chi connectivity index (χ2n) is 3.96. The van der Waals surface area contributed by atoms with Crippen molar-refractivity contribution in [3.05, 3.63) is 34.9 Å². The maximum atomic E-state index is 13.5. The van der Waals surface area contributed by atoms with Gasteiger partial charge >= 0.3 is 12.1 Å². The Morgan fingerprint density at radius 3 is 2.40 bits per heavy atom. The number of rotatable bonds is 4. The van der Waals surface area contributed by atoms with Crippen LogP contribution in [0, 0.1) is 11.6 Å². The first kappa shape index (κ1) is 16.4. The zero-order chi connectivity index (χ0) is 15.5. The number of alkyl halides is 3. The standard InChI is InChI=1S/C12H12F5NO2/c1-2-20-11(19)8(18)5-6-3-4-7(12(15,16)17)10(14)9(6)13/h3-4,8H,2,5,18H2,1H3. The lowest BCUT2D eigenvalue weighted by Crippen LogP contribution is -2.34. The molecular weight excluding hydrogens is 285 g/mol. The Labute approximate surface area is 111 Å². The Balaban J connectivity index is 2.99. The Bertz CT molecular complexity index is 501. The molecule has 0 aromatic heterocycles. The molecule has 1 atom stereocenters. The van der Waals surface area contributed by atoms with Gasteiger partial charge in [-0.15, -0.1) is 0 Å². The molecule has 0 saturated heterocycles. The largest absolute Gasteiger partial charge is 0.465 e. The van der Waals surface area contributed by atoms with Crippen LogP contribution in [0.2, 0.25) is 0 Å². The third-order valence-electron chi connectivity index (χ3n) is 2.50. The van der Waals surface area contributed by atoms with E-state index in [1.807, 2.05) is 0 Å². The summed E-state index contributed by atoms with van der Waals surface area (Å²) < 4.78 is 68.4. The normalized spacial score (nSPS) is 13.2. The van der Waals surface area contributed by atoms with Crippen LogP contribution in [0.1, 0.15) is 18.1 Å². The van der Waals surface area contributed by atoms with Crippen molar-refractivity contribution >= 4 is 5.97 Å². The molecule has 0 aliphatic carbocycles. The van der Waals surface area contributed by atoms with Gasteiger partial charge in [0, 0.05) is 6.42 Å². The van der Waals surface area contributed by atoms with Gasteiger partial charge in [0.25, 0.3) is 0 Å². The highest BCUT2D eigenvalue weighted by atomic mass is 19.4. The molecule has 112 valence electrons. The van der Waals surface area contributed by atoms with Gasteiger partial charge in [-0.1, -0.05) is 6.07 Å². The summed E-state index contributed by atoms with van der Waals surface area (Å²) >= 11 is 0. The molecule has 0 aliphatic heterocycles. The molecule has 1 unspecified atom stereocenters. The number of halogens is 5. The monoisotopic (exact) mass is 297 g/mol. The van der Waals surface area contributed by atoms with Crippen LogP contribution in [0.4, 0.5) is 22.0 Å². The van der Waals surface area contributed by atoms with Crippen molar-refractivity contribution in [1.29, 1.82) is 0 Å². The first-order valence-corrected chi connectivity index (χ1v) is 5.64. The molecule has 1 aromatic carbocycles. The summed E-state index contributed by atoms with van der Waals surface area (Å²) in [5.74, 6) is -4.52. The molecule has 0 radical (unpaired) electrons. The van der Waals surface area contributed by atoms with E-state index in [0.29, 0.717) is 6.07 Å². The molecule has 0 saturated carbocycles. The van der Waals surface area contributed by atoms with Crippen LogP contribution >= 0.6 is 0 Å². The maximum absolute atomic E-state index is 13.5. The molecule has 0 heterocycles. The molecule has 1 aromatic rings. The minimum atomic E-state index is -4.99. The molecule has 1 rings (SSSR count). The van der Waals surface area contributed by atoms with E-state index in [4.69, 9.17) is 5.73 Å². The number of carbonyl (C=O) groups excluding carboxylic acids is 1. The van der Waals surface area contributed by atoms with Crippen LogP contribution in [-0.4, -0.2) is 18.6 Å². The summed E-state index contributed by atoms with van der Waals surface area (Å²) in [7, 11) is 0. The zero-order valence-electron chi connectivity index (χ0n) is 10.4. The van der Waals surface area contributed by atoms with Crippen molar-refractivity contribution in [2.45, 2.75) is 25.6 Å².